The van der Waals surface area contributed by atoms with E-state index >= 15 is 0 Å². The van der Waals surface area contributed by atoms with Crippen molar-refractivity contribution in [1.82, 2.24) is 19.6 Å². The fraction of sp³-hybridized carbons (Fsp3) is 0.448. The van der Waals surface area contributed by atoms with E-state index in [1.807, 2.05) is 23.2 Å². The summed E-state index contributed by atoms with van der Waals surface area (Å²) in [6, 6.07) is 10.2. The fourth-order valence-electron chi connectivity index (χ4n) is 7.43. The number of hydrogen-bond acceptors (Lipinski definition) is 4. The maximum absolute atomic E-state index is 13.7. The largest absolute Gasteiger partial charge is 0.467 e. The number of nitrogens with zero attached hydrogens (tertiary/aromatic N) is 3. The summed E-state index contributed by atoms with van der Waals surface area (Å²) in [5, 5.41) is 5.64. The van der Waals surface area contributed by atoms with Gasteiger partial charge in [-0.2, -0.15) is 0 Å². The molecule has 6 nitrogen and oxygen atoms in total. The number of amides is 2. The highest BCUT2D eigenvalue weighted by atomic mass is 32.1. The maximum atomic E-state index is 13.7. The van der Waals surface area contributed by atoms with Crippen LogP contribution in [0, 0.1) is 23.6 Å². The molecule has 0 spiro atoms. The van der Waals surface area contributed by atoms with Crippen LogP contribution in [0.1, 0.15) is 50.0 Å². The molecule has 0 aliphatic heterocycles. The van der Waals surface area contributed by atoms with E-state index in [9.17, 15) is 9.18 Å². The van der Waals surface area contributed by atoms with Crippen LogP contribution in [0.25, 0.3) is 16.2 Å². The highest BCUT2D eigenvalue weighted by molar-refractivity contribution is 7.15. The number of carbonyl (C=O) groups excluding carboxylic acids is 1. The smallest absolute Gasteiger partial charge is 0.318 e. The molecule has 37 heavy (non-hydrogen) atoms. The van der Waals surface area contributed by atoms with Crippen molar-refractivity contribution >= 4 is 22.3 Å². The average Bonchev–Trinajstić information content (AvgIpc) is 3.59. The third-order valence-electron chi connectivity index (χ3n) is 8.69. The van der Waals surface area contributed by atoms with E-state index in [1.54, 1.807) is 29.7 Å². The number of thiazole rings is 1. The molecule has 8 rings (SSSR count). The molecule has 4 saturated carbocycles. The van der Waals surface area contributed by atoms with E-state index < -0.39 is 0 Å². The number of carbonyl (C=O) groups is 1. The van der Waals surface area contributed by atoms with Crippen molar-refractivity contribution < 1.29 is 13.6 Å². The lowest BCUT2D eigenvalue weighted by Gasteiger charge is -2.57. The van der Waals surface area contributed by atoms with Gasteiger partial charge in [-0.1, -0.05) is 0 Å². The molecule has 0 atom stereocenters. The number of benzene rings is 1. The van der Waals surface area contributed by atoms with Crippen LogP contribution in [0.2, 0.25) is 0 Å². The van der Waals surface area contributed by atoms with E-state index in [4.69, 9.17) is 9.40 Å². The van der Waals surface area contributed by atoms with E-state index in [0.29, 0.717) is 19.5 Å². The number of rotatable bonds is 7. The van der Waals surface area contributed by atoms with Gasteiger partial charge in [0.2, 0.25) is 0 Å². The van der Waals surface area contributed by atoms with E-state index in [-0.39, 0.29) is 17.4 Å². The number of nitrogens with one attached hydrogen (secondary N) is 1. The van der Waals surface area contributed by atoms with Crippen molar-refractivity contribution in [3.63, 3.8) is 0 Å². The van der Waals surface area contributed by atoms with Gasteiger partial charge < -0.3 is 14.6 Å². The lowest BCUT2D eigenvalue weighted by molar-refractivity contribution is -0.0159. The van der Waals surface area contributed by atoms with Crippen LogP contribution in [-0.2, 0) is 13.0 Å². The van der Waals surface area contributed by atoms with Gasteiger partial charge in [-0.3, -0.25) is 4.40 Å². The molecule has 4 aromatic rings. The number of imidazole rings is 1. The Bertz CT molecular complexity index is 1370. The Labute approximate surface area is 219 Å². The third kappa shape index (κ3) is 4.45. The molecule has 0 unspecified atom stereocenters. The standard InChI is InChI=1S/C29H31FN4O2S/c30-23-5-3-22(4-6-23)26-17-34-24(18-37-28(34)31-26)7-8-33(16-25-2-1-9-36-25)27(35)32-29-13-19-10-20(14-29)12-21(11-19)15-29/h1-6,9,17-21H,7-8,10-16H2,(H,32,35). The number of fused-ring (bicyclic) bond motifs is 1. The fourth-order valence-corrected chi connectivity index (χ4v) is 8.34. The van der Waals surface area contributed by atoms with Gasteiger partial charge in [-0.05, 0) is 92.7 Å². The van der Waals surface area contributed by atoms with Gasteiger partial charge in [-0.15, -0.1) is 11.3 Å². The molecule has 8 heteroatoms. The SMILES string of the molecule is O=C(NC12CC3CC(CC(C3)C1)C2)N(CCc1csc2nc(-c3ccc(F)cc3)cn12)Cc1ccco1. The summed E-state index contributed by atoms with van der Waals surface area (Å²) in [5.41, 5.74) is 2.78. The van der Waals surface area contributed by atoms with E-state index in [2.05, 4.69) is 15.1 Å². The Morgan fingerprint density at radius 1 is 1.14 bits per heavy atom. The van der Waals surface area contributed by atoms with Crippen LogP contribution in [0.5, 0.6) is 0 Å². The summed E-state index contributed by atoms with van der Waals surface area (Å²) in [6.45, 7) is 1.03. The first kappa shape index (κ1) is 23.0. The zero-order chi connectivity index (χ0) is 25.0. The first-order valence-electron chi connectivity index (χ1n) is 13.3. The molecule has 3 heterocycles. The average molecular weight is 519 g/mol. The van der Waals surface area contributed by atoms with Gasteiger partial charge in [-0.25, -0.2) is 14.2 Å². The van der Waals surface area contributed by atoms with Gasteiger partial charge in [0, 0.05) is 41.3 Å². The molecule has 0 radical (unpaired) electrons. The van der Waals surface area contributed by atoms with Crippen LogP contribution >= 0.6 is 11.3 Å². The molecule has 4 bridgehead atoms. The topological polar surface area (TPSA) is 62.8 Å². The summed E-state index contributed by atoms with van der Waals surface area (Å²) >= 11 is 1.58. The highest BCUT2D eigenvalue weighted by Crippen LogP contribution is 2.55. The predicted molar refractivity (Wildman–Crippen MR) is 141 cm³/mol. The zero-order valence-electron chi connectivity index (χ0n) is 20.7. The van der Waals surface area contributed by atoms with Crippen LogP contribution in [0.4, 0.5) is 9.18 Å². The molecule has 3 aromatic heterocycles. The van der Waals surface area contributed by atoms with Crippen LogP contribution in [-0.4, -0.2) is 32.4 Å². The molecule has 1 aromatic carbocycles. The lowest BCUT2D eigenvalue weighted by Crippen LogP contribution is -2.61. The second-order valence-electron chi connectivity index (χ2n) is 11.4. The predicted octanol–water partition coefficient (Wildman–Crippen LogP) is 6.52. The highest BCUT2D eigenvalue weighted by Gasteiger charge is 2.51. The van der Waals surface area contributed by atoms with Crippen molar-refractivity contribution in [3.05, 3.63) is 71.5 Å². The van der Waals surface area contributed by atoms with Gasteiger partial charge >= 0.3 is 6.03 Å². The second-order valence-corrected chi connectivity index (χ2v) is 12.2. The van der Waals surface area contributed by atoms with Crippen LogP contribution < -0.4 is 5.32 Å². The van der Waals surface area contributed by atoms with E-state index in [1.165, 1.54) is 31.4 Å². The lowest BCUT2D eigenvalue weighted by atomic mass is 9.53. The quantitative estimate of drug-likeness (QED) is 0.303. The van der Waals surface area contributed by atoms with Gasteiger partial charge in [0.05, 0.1) is 18.5 Å². The van der Waals surface area contributed by atoms with Crippen molar-refractivity contribution in [2.24, 2.45) is 17.8 Å². The molecule has 4 aliphatic carbocycles. The number of halogens is 1. The number of hydrogen-bond donors (Lipinski definition) is 1. The summed E-state index contributed by atoms with van der Waals surface area (Å²) in [5.74, 6) is 2.87. The first-order chi connectivity index (χ1) is 18.0. The van der Waals surface area contributed by atoms with Crippen molar-refractivity contribution in [2.75, 3.05) is 6.54 Å². The van der Waals surface area contributed by atoms with Gasteiger partial charge in [0.15, 0.2) is 4.96 Å². The van der Waals surface area contributed by atoms with Crippen LogP contribution in [0.3, 0.4) is 0 Å². The first-order valence-corrected chi connectivity index (χ1v) is 14.2. The Balaban J connectivity index is 1.09. The van der Waals surface area contributed by atoms with Gasteiger partial charge in [0.25, 0.3) is 0 Å². The molecule has 1 N–H and O–H groups in total. The summed E-state index contributed by atoms with van der Waals surface area (Å²) in [6.07, 6.45) is 11.8. The Kier molecular flexibility index (Phi) is 5.61. The zero-order valence-corrected chi connectivity index (χ0v) is 21.6. The van der Waals surface area contributed by atoms with E-state index in [0.717, 1.165) is 64.7 Å². The van der Waals surface area contributed by atoms with Crippen LogP contribution in [0.15, 0.2) is 58.7 Å². The summed E-state index contributed by atoms with van der Waals surface area (Å²) < 4.78 is 21.1. The Hall–Kier alpha value is -3.13. The molecule has 4 aliphatic rings. The minimum Gasteiger partial charge on any atom is -0.467 e. The maximum Gasteiger partial charge on any atom is 0.318 e. The second kappa shape index (κ2) is 9.01. The molecule has 0 saturated heterocycles. The van der Waals surface area contributed by atoms with Gasteiger partial charge in [0.1, 0.15) is 11.6 Å². The third-order valence-corrected chi connectivity index (χ3v) is 9.57. The number of urea groups is 1. The van der Waals surface area contributed by atoms with Crippen molar-refractivity contribution in [1.29, 1.82) is 0 Å². The summed E-state index contributed by atoms with van der Waals surface area (Å²) in [4.78, 5) is 21.2. The number of aromatic nitrogens is 2. The molecular formula is C29H31FN4O2S. The molecule has 2 amide bonds. The normalized spacial score (nSPS) is 26.1. The van der Waals surface area contributed by atoms with Crippen molar-refractivity contribution in [3.8, 4) is 11.3 Å². The Morgan fingerprint density at radius 3 is 2.54 bits per heavy atom. The Morgan fingerprint density at radius 2 is 1.86 bits per heavy atom. The number of furan rings is 1. The van der Waals surface area contributed by atoms with Crippen molar-refractivity contribution in [2.45, 2.75) is 57.0 Å². The monoisotopic (exact) mass is 518 g/mol. The minimum atomic E-state index is -0.256. The molecule has 192 valence electrons. The summed E-state index contributed by atoms with van der Waals surface area (Å²) in [7, 11) is 0. The minimum absolute atomic E-state index is 0.0162. The molecular weight excluding hydrogens is 487 g/mol. The molecule has 4 fully saturated rings.